The molecule has 3 aliphatic rings. The number of carboxylic acids is 1. The Labute approximate surface area is 224 Å². The third-order valence-electron chi connectivity index (χ3n) is 8.94. The van der Waals surface area contributed by atoms with E-state index >= 15 is 4.39 Å². The highest BCUT2D eigenvalue weighted by Gasteiger charge is 2.34. The summed E-state index contributed by atoms with van der Waals surface area (Å²) in [6, 6.07) is 11.6. The van der Waals surface area contributed by atoms with E-state index in [2.05, 4.69) is 26.5 Å². The van der Waals surface area contributed by atoms with Gasteiger partial charge in [0, 0.05) is 55.1 Å². The Morgan fingerprint density at radius 1 is 0.974 bits per heavy atom. The fraction of sp³-hybridized carbons (Fsp3) is 0.516. The van der Waals surface area contributed by atoms with Crippen LogP contribution in [0.1, 0.15) is 65.9 Å². The van der Waals surface area contributed by atoms with Gasteiger partial charge in [-0.15, -0.1) is 0 Å². The largest absolute Gasteiger partial charge is 0.497 e. The van der Waals surface area contributed by atoms with Gasteiger partial charge in [0.2, 0.25) is 0 Å². The summed E-state index contributed by atoms with van der Waals surface area (Å²) >= 11 is 0. The van der Waals surface area contributed by atoms with E-state index in [9.17, 15) is 9.90 Å². The molecule has 38 heavy (non-hydrogen) atoms. The van der Waals surface area contributed by atoms with Crippen LogP contribution in [0.3, 0.4) is 0 Å². The van der Waals surface area contributed by atoms with Crippen LogP contribution in [0, 0.1) is 0 Å². The number of rotatable bonds is 6. The Kier molecular flexibility index (Phi) is 7.14. The fourth-order valence-corrected chi connectivity index (χ4v) is 6.92. The lowest BCUT2D eigenvalue weighted by Crippen LogP contribution is -2.36. The maximum atomic E-state index is 15.6. The molecule has 2 aromatic carbocycles. The highest BCUT2D eigenvalue weighted by molar-refractivity contribution is 5.98. The zero-order valence-corrected chi connectivity index (χ0v) is 22.3. The Hall–Kier alpha value is -2.90. The molecule has 7 heteroatoms. The molecule has 0 spiro atoms. The second-order valence-electron chi connectivity index (χ2n) is 11.2. The van der Waals surface area contributed by atoms with E-state index in [0.717, 1.165) is 85.5 Å². The molecule has 0 radical (unpaired) electrons. The minimum atomic E-state index is -0.937. The van der Waals surface area contributed by atoms with E-state index in [-0.39, 0.29) is 11.5 Å². The molecule has 2 aliphatic heterocycles. The summed E-state index contributed by atoms with van der Waals surface area (Å²) in [7, 11) is 1.70. The van der Waals surface area contributed by atoms with Crippen LogP contribution in [-0.4, -0.2) is 71.4 Å². The quantitative estimate of drug-likeness (QED) is 0.438. The highest BCUT2D eigenvalue weighted by Crippen LogP contribution is 2.47. The second kappa shape index (κ2) is 10.7. The molecule has 2 atom stereocenters. The number of carbonyl (C=O) groups is 1. The Balaban J connectivity index is 1.51. The summed E-state index contributed by atoms with van der Waals surface area (Å²) in [4.78, 5) is 17.0. The average Bonchev–Trinajstić information content (AvgIpc) is 3.55. The van der Waals surface area contributed by atoms with Gasteiger partial charge in [0.1, 0.15) is 11.9 Å². The number of hydrogen-bond acceptors (Lipinski definition) is 4. The van der Waals surface area contributed by atoms with Gasteiger partial charge < -0.3 is 19.3 Å². The minimum absolute atomic E-state index is 0.182. The molecule has 1 saturated carbocycles. The Morgan fingerprint density at radius 3 is 2.53 bits per heavy atom. The molecule has 0 amide bonds. The van der Waals surface area contributed by atoms with Crippen molar-refractivity contribution in [2.24, 2.45) is 0 Å². The average molecular weight is 520 g/mol. The van der Waals surface area contributed by atoms with Crippen molar-refractivity contribution in [3.8, 4) is 17.0 Å². The lowest BCUT2D eigenvalue weighted by molar-refractivity contribution is 0.0697. The topological polar surface area (TPSA) is 57.9 Å². The van der Waals surface area contributed by atoms with Crippen LogP contribution < -0.4 is 4.74 Å². The van der Waals surface area contributed by atoms with Gasteiger partial charge in [-0.25, -0.2) is 9.18 Å². The standard InChI is InChI=1S/C31H38FN3O3/c1-38-23-9-11-24-22(18-23)20-34(15-14-33-12-4-5-13-33)16-17-35-28-19-21(31(36)37)8-10-26(28)29(30(24)35)25-6-2-3-7-27(25)32/h8-11,18-19,25,27H,2-7,12-17,20H2,1H3,(H,36,37)/t25-,27-/m1/s1. The SMILES string of the molecule is COc1ccc2c(c1)CN(CCN1CCCC1)CCn1c-2c([C@@H]2CCCC[C@H]2F)c2ccc(C(=O)O)cc21. The lowest BCUT2D eigenvalue weighted by atomic mass is 9.80. The molecule has 3 heterocycles. The van der Waals surface area contributed by atoms with Crippen molar-refractivity contribution in [3.63, 3.8) is 0 Å². The maximum absolute atomic E-state index is 15.6. The third kappa shape index (κ3) is 4.71. The summed E-state index contributed by atoms with van der Waals surface area (Å²) in [6.07, 6.45) is 5.03. The molecule has 202 valence electrons. The molecule has 1 aromatic heterocycles. The van der Waals surface area contributed by atoms with Crippen molar-refractivity contribution in [3.05, 3.63) is 53.1 Å². The molecule has 1 saturated heterocycles. The Morgan fingerprint density at radius 2 is 1.76 bits per heavy atom. The first-order valence-electron chi connectivity index (χ1n) is 14.2. The van der Waals surface area contributed by atoms with Crippen molar-refractivity contribution in [1.82, 2.24) is 14.4 Å². The smallest absolute Gasteiger partial charge is 0.335 e. The van der Waals surface area contributed by atoms with Gasteiger partial charge in [-0.1, -0.05) is 18.9 Å². The lowest BCUT2D eigenvalue weighted by Gasteiger charge is -2.31. The van der Waals surface area contributed by atoms with Gasteiger partial charge in [-0.3, -0.25) is 4.90 Å². The van der Waals surface area contributed by atoms with Gasteiger partial charge in [0.05, 0.1) is 18.4 Å². The number of halogens is 1. The first kappa shape index (κ1) is 25.4. The van der Waals surface area contributed by atoms with Crippen molar-refractivity contribution in [1.29, 1.82) is 0 Å². The molecule has 6 nitrogen and oxygen atoms in total. The first-order valence-corrected chi connectivity index (χ1v) is 14.2. The summed E-state index contributed by atoms with van der Waals surface area (Å²) in [5.41, 5.74) is 5.58. The number of methoxy groups -OCH3 is 1. The van der Waals surface area contributed by atoms with E-state index < -0.39 is 12.1 Å². The number of nitrogens with zero attached hydrogens (tertiary/aromatic N) is 3. The zero-order valence-electron chi connectivity index (χ0n) is 22.3. The van der Waals surface area contributed by atoms with Crippen LogP contribution in [0.4, 0.5) is 4.39 Å². The fourth-order valence-electron chi connectivity index (χ4n) is 6.92. The molecular formula is C31H38FN3O3. The predicted octanol–water partition coefficient (Wildman–Crippen LogP) is 5.92. The van der Waals surface area contributed by atoms with E-state index in [1.807, 2.05) is 12.1 Å². The summed E-state index contributed by atoms with van der Waals surface area (Å²) in [5.74, 6) is -0.297. The molecule has 1 N–H and O–H groups in total. The summed E-state index contributed by atoms with van der Waals surface area (Å²) in [5, 5.41) is 10.8. The van der Waals surface area contributed by atoms with Gasteiger partial charge in [0.25, 0.3) is 0 Å². The van der Waals surface area contributed by atoms with Gasteiger partial charge in [-0.05, 0) is 80.2 Å². The number of benzene rings is 2. The van der Waals surface area contributed by atoms with E-state index in [1.165, 1.54) is 31.5 Å². The summed E-state index contributed by atoms with van der Waals surface area (Å²) < 4.78 is 23.5. The van der Waals surface area contributed by atoms with Gasteiger partial charge in [0.15, 0.2) is 0 Å². The Bertz CT molecular complexity index is 1330. The van der Waals surface area contributed by atoms with Crippen LogP contribution in [0.15, 0.2) is 36.4 Å². The van der Waals surface area contributed by atoms with E-state index in [4.69, 9.17) is 4.74 Å². The normalized spacial score (nSPS) is 22.6. The first-order chi connectivity index (χ1) is 18.5. The molecule has 0 unspecified atom stereocenters. The van der Waals surface area contributed by atoms with Gasteiger partial charge in [-0.2, -0.15) is 0 Å². The number of carboxylic acid groups (broad SMARTS) is 1. The highest BCUT2D eigenvalue weighted by atomic mass is 19.1. The van der Waals surface area contributed by atoms with Gasteiger partial charge >= 0.3 is 5.97 Å². The van der Waals surface area contributed by atoms with Crippen LogP contribution in [0.5, 0.6) is 5.75 Å². The monoisotopic (exact) mass is 519 g/mol. The maximum Gasteiger partial charge on any atom is 0.335 e. The predicted molar refractivity (Wildman–Crippen MR) is 148 cm³/mol. The van der Waals surface area contributed by atoms with Crippen LogP contribution in [0.25, 0.3) is 22.2 Å². The number of aromatic nitrogens is 1. The number of hydrogen-bond donors (Lipinski definition) is 1. The second-order valence-corrected chi connectivity index (χ2v) is 11.2. The molecule has 2 fully saturated rings. The van der Waals surface area contributed by atoms with Crippen molar-refractivity contribution in [2.75, 3.05) is 39.8 Å². The number of likely N-dealkylation sites (tertiary alicyclic amines) is 1. The number of fused-ring (bicyclic) bond motifs is 5. The minimum Gasteiger partial charge on any atom is -0.497 e. The van der Waals surface area contributed by atoms with Crippen molar-refractivity contribution >= 4 is 16.9 Å². The molecule has 1 aliphatic carbocycles. The van der Waals surface area contributed by atoms with Crippen LogP contribution in [0.2, 0.25) is 0 Å². The van der Waals surface area contributed by atoms with Crippen molar-refractivity contribution < 1.29 is 19.0 Å². The molecule has 6 rings (SSSR count). The van der Waals surface area contributed by atoms with Crippen LogP contribution >= 0.6 is 0 Å². The number of alkyl halides is 1. The van der Waals surface area contributed by atoms with E-state index in [0.29, 0.717) is 6.42 Å². The molecule has 0 bridgehead atoms. The summed E-state index contributed by atoms with van der Waals surface area (Å²) in [6.45, 7) is 6.79. The molecular weight excluding hydrogens is 481 g/mol. The zero-order chi connectivity index (χ0) is 26.2. The number of aromatic carboxylic acids is 1. The van der Waals surface area contributed by atoms with Crippen molar-refractivity contribution in [2.45, 2.75) is 63.7 Å². The molecule has 3 aromatic rings. The van der Waals surface area contributed by atoms with E-state index in [1.54, 1.807) is 19.2 Å². The number of ether oxygens (including phenoxy) is 1. The third-order valence-corrected chi connectivity index (χ3v) is 8.94. The van der Waals surface area contributed by atoms with Crippen LogP contribution in [-0.2, 0) is 13.1 Å².